The second kappa shape index (κ2) is 7.35. The highest BCUT2D eigenvalue weighted by Gasteiger charge is 2.18. The Kier molecular flexibility index (Phi) is 4.54. The fourth-order valence-corrected chi connectivity index (χ4v) is 4.45. The van der Waals surface area contributed by atoms with Crippen molar-refractivity contribution in [3.8, 4) is 0 Å². The van der Waals surface area contributed by atoms with Gasteiger partial charge >= 0.3 is 5.97 Å². The molecule has 1 saturated carbocycles. The van der Waals surface area contributed by atoms with Gasteiger partial charge in [0, 0.05) is 23.6 Å². The summed E-state index contributed by atoms with van der Waals surface area (Å²) in [5.74, 6) is 0.279. The molecule has 0 amide bonds. The van der Waals surface area contributed by atoms with Crippen LogP contribution >= 0.6 is 0 Å². The number of carbonyl (C=O) groups excluding carboxylic acids is 1. The zero-order chi connectivity index (χ0) is 19.8. The third-order valence-electron chi connectivity index (χ3n) is 5.99. The number of para-hydroxylation sites is 1. The maximum Gasteiger partial charge on any atom is 0.365 e. The number of nitrogens with zero attached hydrogens (tertiary/aromatic N) is 4. The van der Waals surface area contributed by atoms with Gasteiger partial charge < -0.3 is 9.40 Å². The third-order valence-corrected chi connectivity index (χ3v) is 5.99. The number of aryl methyl sites for hydroxylation is 1. The monoisotopic (exact) mass is 388 g/mol. The molecule has 148 valence electrons. The van der Waals surface area contributed by atoms with Gasteiger partial charge in [-0.2, -0.15) is 0 Å². The minimum Gasteiger partial charge on any atom is -0.347 e. The zero-order valence-corrected chi connectivity index (χ0v) is 16.5. The van der Waals surface area contributed by atoms with Crippen LogP contribution in [0.3, 0.4) is 0 Å². The molecular weight excluding hydrogens is 364 g/mol. The van der Waals surface area contributed by atoms with Crippen molar-refractivity contribution in [3.63, 3.8) is 0 Å². The number of carbonyl (C=O) groups is 1. The molecule has 0 saturated heterocycles. The molecule has 1 fully saturated rings. The molecule has 0 N–H and O–H groups in total. The lowest BCUT2D eigenvalue weighted by Gasteiger charge is -2.22. The first kappa shape index (κ1) is 17.9. The van der Waals surface area contributed by atoms with Crippen LogP contribution in [0.2, 0.25) is 0 Å². The van der Waals surface area contributed by atoms with E-state index in [1.54, 1.807) is 0 Å². The van der Waals surface area contributed by atoms with Crippen molar-refractivity contribution in [1.29, 1.82) is 0 Å². The van der Waals surface area contributed by atoms with Gasteiger partial charge in [-0.25, -0.2) is 4.79 Å². The van der Waals surface area contributed by atoms with Crippen LogP contribution in [-0.2, 0) is 6.54 Å². The van der Waals surface area contributed by atoms with E-state index in [-0.39, 0.29) is 0 Å². The molecule has 0 atom stereocenters. The summed E-state index contributed by atoms with van der Waals surface area (Å²) in [5, 5.41) is 9.15. The van der Waals surface area contributed by atoms with E-state index in [0.717, 1.165) is 18.0 Å². The van der Waals surface area contributed by atoms with E-state index < -0.39 is 5.97 Å². The number of rotatable bonds is 4. The summed E-state index contributed by atoms with van der Waals surface area (Å²) in [4.78, 5) is 19.5. The molecule has 0 unspecified atom stereocenters. The molecule has 0 spiro atoms. The number of hydrogen-bond acceptors (Lipinski definition) is 4. The number of aromatic nitrogens is 4. The fraction of sp³-hybridized carbons (Fsp3) is 0.348. The largest absolute Gasteiger partial charge is 0.365 e. The molecule has 6 nitrogen and oxygen atoms in total. The summed E-state index contributed by atoms with van der Waals surface area (Å²) in [6.07, 6.45) is 8.80. The molecule has 2 heterocycles. The molecule has 0 bridgehead atoms. The van der Waals surface area contributed by atoms with Crippen molar-refractivity contribution in [3.05, 3.63) is 59.8 Å². The second-order valence-electron chi connectivity index (χ2n) is 8.03. The lowest BCUT2D eigenvalue weighted by atomic mass is 9.89. The second-order valence-corrected chi connectivity index (χ2v) is 8.03. The summed E-state index contributed by atoms with van der Waals surface area (Å²) in [6.45, 7) is 3.13. The zero-order valence-electron chi connectivity index (χ0n) is 16.5. The summed E-state index contributed by atoms with van der Waals surface area (Å²) in [6, 6.07) is 13.2. The highest BCUT2D eigenvalue weighted by Crippen LogP contribution is 2.29. The summed E-state index contributed by atoms with van der Waals surface area (Å²) < 4.78 is 2.31. The van der Waals surface area contributed by atoms with Gasteiger partial charge in [0.15, 0.2) is 0 Å². The highest BCUT2D eigenvalue weighted by atomic mass is 16.7. The van der Waals surface area contributed by atoms with Crippen LogP contribution in [0.1, 0.15) is 48.0 Å². The van der Waals surface area contributed by atoms with Gasteiger partial charge in [-0.3, -0.25) is 0 Å². The van der Waals surface area contributed by atoms with Crippen molar-refractivity contribution in [1.82, 2.24) is 19.7 Å². The Morgan fingerprint density at radius 3 is 2.79 bits per heavy atom. The Labute approximate surface area is 169 Å². The molecule has 2 aromatic heterocycles. The van der Waals surface area contributed by atoms with Gasteiger partial charge in [0.25, 0.3) is 0 Å². The van der Waals surface area contributed by atoms with Crippen molar-refractivity contribution in [2.24, 2.45) is 5.92 Å². The van der Waals surface area contributed by atoms with Crippen molar-refractivity contribution in [2.45, 2.75) is 45.6 Å². The first-order chi connectivity index (χ1) is 14.2. The van der Waals surface area contributed by atoms with Crippen LogP contribution in [-0.4, -0.2) is 25.7 Å². The first-order valence-corrected chi connectivity index (χ1v) is 10.3. The quantitative estimate of drug-likeness (QED) is 0.482. The standard InChI is InChI=1S/C23H24N4O2/c1-16-14-26(15-17-7-3-2-4-8-17)22-13-18(11-12-19(16)22)23(28)29-27-21-10-6-5-9-20(21)24-25-27/h5-6,9-14,17H,2-4,7-8,15H2,1H3. The Bertz CT molecular complexity index is 1180. The molecule has 1 aliphatic rings. The Hall–Kier alpha value is -3.15. The molecule has 6 heteroatoms. The smallest absolute Gasteiger partial charge is 0.347 e. The van der Waals surface area contributed by atoms with Crippen LogP contribution in [0.5, 0.6) is 0 Å². The van der Waals surface area contributed by atoms with Gasteiger partial charge in [-0.15, -0.1) is 5.10 Å². The van der Waals surface area contributed by atoms with Gasteiger partial charge in [0.2, 0.25) is 0 Å². The topological polar surface area (TPSA) is 61.9 Å². The average molecular weight is 388 g/mol. The van der Waals surface area contributed by atoms with E-state index in [1.165, 1.54) is 47.9 Å². The first-order valence-electron chi connectivity index (χ1n) is 10.3. The minimum absolute atomic E-state index is 0.439. The normalized spacial score (nSPS) is 15.2. The summed E-state index contributed by atoms with van der Waals surface area (Å²) in [5.41, 5.74) is 4.19. The van der Waals surface area contributed by atoms with Gasteiger partial charge in [-0.05, 0) is 60.7 Å². The molecule has 0 aliphatic heterocycles. The third kappa shape index (κ3) is 3.39. The van der Waals surface area contributed by atoms with Gasteiger partial charge in [0.1, 0.15) is 11.0 Å². The van der Waals surface area contributed by atoms with Crippen LogP contribution in [0.4, 0.5) is 0 Å². The van der Waals surface area contributed by atoms with Gasteiger partial charge in [-0.1, -0.05) is 42.3 Å². The maximum absolute atomic E-state index is 12.8. The Balaban J connectivity index is 1.43. The molecule has 2 aromatic carbocycles. The van der Waals surface area contributed by atoms with Crippen molar-refractivity contribution < 1.29 is 9.63 Å². The molecule has 29 heavy (non-hydrogen) atoms. The van der Waals surface area contributed by atoms with E-state index in [9.17, 15) is 4.79 Å². The SMILES string of the molecule is Cc1cn(CC2CCCCC2)c2cc(C(=O)On3nnc4ccccc43)ccc12. The fourth-order valence-electron chi connectivity index (χ4n) is 4.45. The number of benzene rings is 2. The lowest BCUT2D eigenvalue weighted by molar-refractivity contribution is 0.0409. The van der Waals surface area contributed by atoms with Crippen LogP contribution in [0.25, 0.3) is 21.9 Å². The van der Waals surface area contributed by atoms with E-state index in [0.29, 0.717) is 16.6 Å². The minimum atomic E-state index is -0.439. The Morgan fingerprint density at radius 1 is 1.10 bits per heavy atom. The van der Waals surface area contributed by atoms with E-state index in [4.69, 9.17) is 4.84 Å². The molecule has 0 radical (unpaired) electrons. The summed E-state index contributed by atoms with van der Waals surface area (Å²) in [7, 11) is 0. The van der Waals surface area contributed by atoms with Crippen molar-refractivity contribution in [2.75, 3.05) is 0 Å². The van der Waals surface area contributed by atoms with Crippen molar-refractivity contribution >= 4 is 27.9 Å². The van der Waals surface area contributed by atoms with E-state index in [1.807, 2.05) is 42.5 Å². The summed E-state index contributed by atoms with van der Waals surface area (Å²) >= 11 is 0. The van der Waals surface area contributed by atoms with Crippen LogP contribution in [0.15, 0.2) is 48.7 Å². The number of hydrogen-bond donors (Lipinski definition) is 0. The molecular formula is C23H24N4O2. The van der Waals surface area contributed by atoms with Gasteiger partial charge in [0.05, 0.1) is 5.56 Å². The average Bonchev–Trinajstić information content (AvgIpc) is 3.30. The number of fused-ring (bicyclic) bond motifs is 2. The van der Waals surface area contributed by atoms with Crippen LogP contribution in [0, 0.1) is 12.8 Å². The van der Waals surface area contributed by atoms with E-state index >= 15 is 0 Å². The molecule has 5 rings (SSSR count). The lowest BCUT2D eigenvalue weighted by Crippen LogP contribution is -2.21. The predicted molar refractivity (Wildman–Crippen MR) is 112 cm³/mol. The predicted octanol–water partition coefficient (Wildman–Crippen LogP) is 4.54. The highest BCUT2D eigenvalue weighted by molar-refractivity contribution is 5.96. The van der Waals surface area contributed by atoms with Crippen LogP contribution < -0.4 is 4.84 Å². The maximum atomic E-state index is 12.8. The Morgan fingerprint density at radius 2 is 1.93 bits per heavy atom. The molecule has 4 aromatic rings. The van der Waals surface area contributed by atoms with E-state index in [2.05, 4.69) is 28.0 Å². The molecule has 1 aliphatic carbocycles.